The zero-order valence-electron chi connectivity index (χ0n) is 8.69. The summed E-state index contributed by atoms with van der Waals surface area (Å²) in [5.74, 6) is 0.906. The van der Waals surface area contributed by atoms with Gasteiger partial charge in [-0.1, -0.05) is 37.3 Å². The van der Waals surface area contributed by atoms with Gasteiger partial charge in [0.1, 0.15) is 0 Å². The minimum Gasteiger partial charge on any atom is -0.392 e. The van der Waals surface area contributed by atoms with E-state index in [2.05, 4.69) is 31.2 Å². The first-order valence-electron chi connectivity index (χ1n) is 5.56. The van der Waals surface area contributed by atoms with Crippen molar-refractivity contribution in [3.63, 3.8) is 0 Å². The lowest BCUT2D eigenvalue weighted by atomic mass is 9.89. The molecule has 1 aromatic carbocycles. The van der Waals surface area contributed by atoms with Crippen LogP contribution in [0.1, 0.15) is 37.7 Å². The smallest absolute Gasteiger partial charge is 0.0636 e. The van der Waals surface area contributed by atoms with E-state index in [0.29, 0.717) is 11.8 Å². The fourth-order valence-electron chi connectivity index (χ4n) is 2.14. The number of rotatable bonds is 4. The highest BCUT2D eigenvalue weighted by Crippen LogP contribution is 2.40. The van der Waals surface area contributed by atoms with Gasteiger partial charge < -0.3 is 5.11 Å². The summed E-state index contributed by atoms with van der Waals surface area (Å²) >= 11 is 0. The fourth-order valence-corrected chi connectivity index (χ4v) is 2.14. The summed E-state index contributed by atoms with van der Waals surface area (Å²) in [5, 5.41) is 10.1. The Bertz CT molecular complexity index is 277. The van der Waals surface area contributed by atoms with Crippen LogP contribution in [0, 0.1) is 5.92 Å². The summed E-state index contributed by atoms with van der Waals surface area (Å²) in [6.45, 7) is 2.16. The average Bonchev–Trinajstić information content (AvgIpc) is 3.03. The van der Waals surface area contributed by atoms with E-state index in [-0.39, 0.29) is 6.10 Å². The molecule has 0 aromatic heterocycles. The molecule has 1 nitrogen and oxygen atoms in total. The third-order valence-corrected chi connectivity index (χ3v) is 3.18. The molecule has 2 unspecified atom stereocenters. The van der Waals surface area contributed by atoms with Crippen molar-refractivity contribution in [2.24, 2.45) is 5.92 Å². The largest absolute Gasteiger partial charge is 0.392 e. The van der Waals surface area contributed by atoms with E-state index in [1.54, 1.807) is 0 Å². The lowest BCUT2D eigenvalue weighted by Crippen LogP contribution is -2.19. The summed E-state index contributed by atoms with van der Waals surface area (Å²) < 4.78 is 0. The minimum atomic E-state index is -0.123. The summed E-state index contributed by atoms with van der Waals surface area (Å²) in [4.78, 5) is 0. The van der Waals surface area contributed by atoms with Crippen molar-refractivity contribution >= 4 is 0 Å². The number of aliphatic hydroxyl groups excluding tert-OH is 1. The molecule has 0 heterocycles. The standard InChI is InChI=1S/C13H18O/c1-2-12(13(14)11-8-9-11)10-6-4-3-5-7-10/h3-7,11-14H,2,8-9H2,1H3. The van der Waals surface area contributed by atoms with Gasteiger partial charge in [-0.15, -0.1) is 0 Å². The molecule has 2 rings (SSSR count). The Balaban J connectivity index is 2.12. The van der Waals surface area contributed by atoms with Crippen molar-refractivity contribution in [3.05, 3.63) is 35.9 Å². The average molecular weight is 190 g/mol. The Morgan fingerprint density at radius 3 is 2.43 bits per heavy atom. The summed E-state index contributed by atoms with van der Waals surface area (Å²) in [6, 6.07) is 10.4. The molecule has 1 aromatic rings. The quantitative estimate of drug-likeness (QED) is 0.774. The Morgan fingerprint density at radius 2 is 1.93 bits per heavy atom. The van der Waals surface area contributed by atoms with Crippen molar-refractivity contribution in [2.75, 3.05) is 0 Å². The Kier molecular flexibility index (Phi) is 2.87. The highest BCUT2D eigenvalue weighted by Gasteiger charge is 2.34. The predicted molar refractivity (Wildman–Crippen MR) is 58.2 cm³/mol. The van der Waals surface area contributed by atoms with Gasteiger partial charge in [-0.25, -0.2) is 0 Å². The molecule has 0 bridgehead atoms. The summed E-state index contributed by atoms with van der Waals surface area (Å²) in [5.41, 5.74) is 1.29. The highest BCUT2D eigenvalue weighted by molar-refractivity contribution is 5.21. The van der Waals surface area contributed by atoms with Gasteiger partial charge in [-0.2, -0.15) is 0 Å². The normalized spacial score (nSPS) is 20.4. The van der Waals surface area contributed by atoms with Crippen LogP contribution >= 0.6 is 0 Å². The van der Waals surface area contributed by atoms with Gasteiger partial charge >= 0.3 is 0 Å². The molecule has 1 aliphatic carbocycles. The molecular weight excluding hydrogens is 172 g/mol. The van der Waals surface area contributed by atoms with Crippen LogP contribution < -0.4 is 0 Å². The maximum atomic E-state index is 10.1. The highest BCUT2D eigenvalue weighted by atomic mass is 16.3. The first kappa shape index (κ1) is 9.72. The first-order valence-corrected chi connectivity index (χ1v) is 5.56. The van der Waals surface area contributed by atoms with Gasteiger partial charge in [0.25, 0.3) is 0 Å². The second-order valence-electron chi connectivity index (χ2n) is 4.25. The maximum absolute atomic E-state index is 10.1. The minimum absolute atomic E-state index is 0.123. The van der Waals surface area contributed by atoms with Crippen molar-refractivity contribution in [1.82, 2.24) is 0 Å². The summed E-state index contributed by atoms with van der Waals surface area (Å²) in [7, 11) is 0. The maximum Gasteiger partial charge on any atom is 0.0636 e. The second-order valence-corrected chi connectivity index (χ2v) is 4.25. The SMILES string of the molecule is CCC(c1ccccc1)C(O)C1CC1. The molecule has 0 saturated heterocycles. The zero-order valence-corrected chi connectivity index (χ0v) is 8.69. The number of hydrogen-bond donors (Lipinski definition) is 1. The van der Waals surface area contributed by atoms with Gasteiger partial charge in [0.15, 0.2) is 0 Å². The molecule has 1 heteroatoms. The molecule has 0 aliphatic heterocycles. The number of aliphatic hydroxyl groups is 1. The van der Waals surface area contributed by atoms with Crippen LogP contribution in [0.2, 0.25) is 0 Å². The van der Waals surface area contributed by atoms with Crippen LogP contribution in [-0.4, -0.2) is 11.2 Å². The van der Waals surface area contributed by atoms with E-state index in [1.807, 2.05) is 6.07 Å². The summed E-state index contributed by atoms with van der Waals surface area (Å²) in [6.07, 6.45) is 3.33. The lowest BCUT2D eigenvalue weighted by Gasteiger charge is -2.21. The third kappa shape index (κ3) is 1.98. The van der Waals surface area contributed by atoms with Crippen molar-refractivity contribution in [2.45, 2.75) is 38.2 Å². The Hall–Kier alpha value is -0.820. The van der Waals surface area contributed by atoms with Crippen LogP contribution in [0.5, 0.6) is 0 Å². The number of hydrogen-bond acceptors (Lipinski definition) is 1. The lowest BCUT2D eigenvalue weighted by molar-refractivity contribution is 0.118. The molecule has 1 aliphatic rings. The first-order chi connectivity index (χ1) is 6.83. The van der Waals surface area contributed by atoms with Crippen LogP contribution in [0.25, 0.3) is 0 Å². The van der Waals surface area contributed by atoms with Crippen molar-refractivity contribution in [3.8, 4) is 0 Å². The van der Waals surface area contributed by atoms with E-state index in [0.717, 1.165) is 6.42 Å². The van der Waals surface area contributed by atoms with Gasteiger partial charge in [0.2, 0.25) is 0 Å². The molecule has 0 spiro atoms. The van der Waals surface area contributed by atoms with Crippen LogP contribution in [0.15, 0.2) is 30.3 Å². The molecule has 1 saturated carbocycles. The van der Waals surface area contributed by atoms with E-state index < -0.39 is 0 Å². The Morgan fingerprint density at radius 1 is 1.29 bits per heavy atom. The molecule has 76 valence electrons. The van der Waals surface area contributed by atoms with Crippen LogP contribution in [-0.2, 0) is 0 Å². The fraction of sp³-hybridized carbons (Fsp3) is 0.538. The van der Waals surface area contributed by atoms with Crippen molar-refractivity contribution in [1.29, 1.82) is 0 Å². The van der Waals surface area contributed by atoms with Gasteiger partial charge in [0.05, 0.1) is 6.10 Å². The van der Waals surface area contributed by atoms with Crippen LogP contribution in [0.4, 0.5) is 0 Å². The Labute approximate surface area is 85.8 Å². The zero-order chi connectivity index (χ0) is 9.97. The van der Waals surface area contributed by atoms with Crippen LogP contribution in [0.3, 0.4) is 0 Å². The van der Waals surface area contributed by atoms with E-state index >= 15 is 0 Å². The predicted octanol–water partition coefficient (Wildman–Crippen LogP) is 2.95. The van der Waals surface area contributed by atoms with Gasteiger partial charge in [-0.05, 0) is 30.7 Å². The topological polar surface area (TPSA) is 20.2 Å². The number of benzene rings is 1. The van der Waals surface area contributed by atoms with E-state index in [9.17, 15) is 5.11 Å². The second kappa shape index (κ2) is 4.14. The monoisotopic (exact) mass is 190 g/mol. The molecule has 0 radical (unpaired) electrons. The molecule has 2 atom stereocenters. The van der Waals surface area contributed by atoms with Gasteiger partial charge in [-0.3, -0.25) is 0 Å². The molecule has 14 heavy (non-hydrogen) atoms. The van der Waals surface area contributed by atoms with Gasteiger partial charge in [0, 0.05) is 5.92 Å². The van der Waals surface area contributed by atoms with E-state index in [4.69, 9.17) is 0 Å². The molecule has 1 N–H and O–H groups in total. The molecular formula is C13H18O. The molecule has 0 amide bonds. The molecule has 1 fully saturated rings. The third-order valence-electron chi connectivity index (χ3n) is 3.18. The van der Waals surface area contributed by atoms with Crippen molar-refractivity contribution < 1.29 is 5.11 Å². The van der Waals surface area contributed by atoms with E-state index in [1.165, 1.54) is 18.4 Å².